The van der Waals surface area contributed by atoms with Crippen molar-refractivity contribution in [1.82, 2.24) is 0 Å². The second kappa shape index (κ2) is 5.23. The molecule has 0 aliphatic carbocycles. The van der Waals surface area contributed by atoms with E-state index in [4.69, 9.17) is 14.0 Å². The Hall–Kier alpha value is -1.53. The predicted molar refractivity (Wildman–Crippen MR) is 91.5 cm³/mol. The highest BCUT2D eigenvalue weighted by Crippen LogP contribution is 2.48. The smallest absolute Gasteiger partial charge is 0.507 e. The molecule has 24 heavy (non-hydrogen) atoms. The molecule has 0 atom stereocenters. The molecule has 2 aliphatic rings. The van der Waals surface area contributed by atoms with Crippen LogP contribution in [0.1, 0.15) is 53.5 Å². The first-order valence-electron chi connectivity index (χ1n) is 8.19. The number of hydrogen-bond donors (Lipinski definition) is 1. The van der Waals surface area contributed by atoms with Gasteiger partial charge in [0.15, 0.2) is 0 Å². The van der Waals surface area contributed by atoms with E-state index < -0.39 is 29.6 Å². The fourth-order valence-corrected chi connectivity index (χ4v) is 3.05. The van der Waals surface area contributed by atoms with Gasteiger partial charge in [0.2, 0.25) is 0 Å². The molecule has 6 heteroatoms. The first kappa shape index (κ1) is 17.3. The fraction of sp³-hybridized carbons (Fsp3) is 0.556. The molecule has 0 aromatic heterocycles. The molecule has 2 heterocycles. The summed E-state index contributed by atoms with van der Waals surface area (Å²) in [4.78, 5) is 0. The summed E-state index contributed by atoms with van der Waals surface area (Å²) in [7, 11) is -1.09. The largest absolute Gasteiger partial charge is 0.525 e. The first-order valence-corrected chi connectivity index (χ1v) is 8.19. The Morgan fingerprint density at radius 3 is 2.25 bits per heavy atom. The van der Waals surface area contributed by atoms with E-state index in [0.29, 0.717) is 23.3 Å². The van der Waals surface area contributed by atoms with Gasteiger partial charge in [-0.05, 0) is 59.2 Å². The number of aromatic hydroxyl groups is 1. The highest BCUT2D eigenvalue weighted by atomic mass is 19.1. The Bertz CT molecular complexity index is 693. The maximum absolute atomic E-state index is 15.3. The van der Waals surface area contributed by atoms with E-state index in [9.17, 15) is 5.11 Å². The van der Waals surface area contributed by atoms with Crippen LogP contribution in [0, 0.1) is 0 Å². The second-order valence-corrected chi connectivity index (χ2v) is 8.10. The van der Waals surface area contributed by atoms with Crippen LogP contribution < -0.4 is 4.74 Å². The summed E-state index contributed by atoms with van der Waals surface area (Å²) in [5.74, 6) is 0.456. The van der Waals surface area contributed by atoms with E-state index in [1.165, 1.54) is 6.07 Å². The SMILES string of the molecule is CC1(C)CC(=C(F)B2OC(C)(C)C(C)(C)O2)c2c(O)cccc2O1. The predicted octanol–water partition coefficient (Wildman–Crippen LogP) is 4.27. The van der Waals surface area contributed by atoms with Gasteiger partial charge in [-0.1, -0.05) is 6.07 Å². The summed E-state index contributed by atoms with van der Waals surface area (Å²) < 4.78 is 32.9. The number of phenolic OH excluding ortho intramolecular Hbond substituents is 1. The van der Waals surface area contributed by atoms with Crippen LogP contribution in [0.25, 0.3) is 5.57 Å². The van der Waals surface area contributed by atoms with Crippen molar-refractivity contribution in [2.24, 2.45) is 0 Å². The molecule has 130 valence electrons. The van der Waals surface area contributed by atoms with E-state index in [2.05, 4.69) is 0 Å². The third-order valence-corrected chi connectivity index (χ3v) is 5.04. The van der Waals surface area contributed by atoms with Gasteiger partial charge >= 0.3 is 7.12 Å². The van der Waals surface area contributed by atoms with E-state index in [1.54, 1.807) is 12.1 Å². The lowest BCUT2D eigenvalue weighted by Gasteiger charge is -2.34. The molecule has 1 N–H and O–H groups in total. The van der Waals surface area contributed by atoms with Crippen LogP contribution >= 0.6 is 0 Å². The van der Waals surface area contributed by atoms with Crippen LogP contribution in [0.2, 0.25) is 0 Å². The molecular weight excluding hydrogens is 310 g/mol. The maximum Gasteiger partial charge on any atom is 0.525 e. The normalized spacial score (nSPS) is 25.9. The quantitative estimate of drug-likeness (QED) is 0.780. The number of hydrogen-bond acceptors (Lipinski definition) is 4. The van der Waals surface area contributed by atoms with Crippen LogP contribution in [0.5, 0.6) is 11.5 Å². The van der Waals surface area contributed by atoms with Gasteiger partial charge in [-0.2, -0.15) is 0 Å². The maximum atomic E-state index is 15.3. The minimum atomic E-state index is -1.09. The number of benzene rings is 1. The molecule has 4 nitrogen and oxygen atoms in total. The van der Waals surface area contributed by atoms with E-state index >= 15 is 4.39 Å². The van der Waals surface area contributed by atoms with Gasteiger partial charge in [0, 0.05) is 6.42 Å². The minimum absolute atomic E-state index is 0.00957. The van der Waals surface area contributed by atoms with Crippen molar-refractivity contribution in [2.75, 3.05) is 0 Å². The Kier molecular flexibility index (Phi) is 3.77. The lowest BCUT2D eigenvalue weighted by atomic mass is 9.78. The van der Waals surface area contributed by atoms with Gasteiger partial charge in [0.25, 0.3) is 0 Å². The van der Waals surface area contributed by atoms with Crippen molar-refractivity contribution >= 4 is 12.7 Å². The first-order chi connectivity index (χ1) is 10.9. The molecule has 0 radical (unpaired) electrons. The molecule has 1 aromatic carbocycles. The molecule has 0 saturated carbocycles. The van der Waals surface area contributed by atoms with Crippen molar-refractivity contribution in [3.8, 4) is 11.5 Å². The topological polar surface area (TPSA) is 47.9 Å². The zero-order valence-electron chi connectivity index (χ0n) is 15.1. The van der Waals surface area contributed by atoms with Crippen molar-refractivity contribution in [3.63, 3.8) is 0 Å². The lowest BCUT2D eigenvalue weighted by Crippen LogP contribution is -2.41. The van der Waals surface area contributed by atoms with Gasteiger partial charge in [0.1, 0.15) is 22.8 Å². The molecule has 1 fully saturated rings. The van der Waals surface area contributed by atoms with Crippen molar-refractivity contribution < 1.29 is 23.5 Å². The number of halogens is 1. The van der Waals surface area contributed by atoms with Gasteiger partial charge < -0.3 is 19.2 Å². The third-order valence-electron chi connectivity index (χ3n) is 5.04. The Morgan fingerprint density at radius 1 is 1.08 bits per heavy atom. The van der Waals surface area contributed by atoms with Crippen LogP contribution in [-0.2, 0) is 9.31 Å². The summed E-state index contributed by atoms with van der Waals surface area (Å²) in [6, 6.07) is 4.94. The van der Waals surface area contributed by atoms with Gasteiger partial charge in [0.05, 0.1) is 16.8 Å². The third kappa shape index (κ3) is 2.72. The monoisotopic (exact) mass is 334 g/mol. The molecule has 0 amide bonds. The van der Waals surface area contributed by atoms with Crippen molar-refractivity contribution in [2.45, 2.75) is 64.8 Å². The summed E-state index contributed by atoms with van der Waals surface area (Å²) in [5, 5.41) is 10.2. The molecule has 0 unspecified atom stereocenters. The summed E-state index contributed by atoms with van der Waals surface area (Å²) in [6.45, 7) is 11.3. The molecule has 1 aromatic rings. The highest BCUT2D eigenvalue weighted by Gasteiger charge is 2.54. The fourth-order valence-electron chi connectivity index (χ4n) is 3.05. The van der Waals surface area contributed by atoms with Crippen LogP contribution in [0.4, 0.5) is 4.39 Å². The average molecular weight is 334 g/mol. The standard InChI is InChI=1S/C18H24BFO4/c1-16(2)10-11(14-12(21)8-7-9-13(14)22-16)15(20)19-23-17(3,4)18(5,6)24-19/h7-9,21H,10H2,1-6H3. The highest BCUT2D eigenvalue weighted by molar-refractivity contribution is 6.55. The van der Waals surface area contributed by atoms with Gasteiger partial charge in [-0.15, -0.1) is 0 Å². The second-order valence-electron chi connectivity index (χ2n) is 8.10. The molecular formula is C18H24BFO4. The van der Waals surface area contributed by atoms with Gasteiger partial charge in [-0.3, -0.25) is 0 Å². The summed E-state index contributed by atoms with van der Waals surface area (Å²) in [6.07, 6.45) is 0.313. The Labute approximate surface area is 142 Å². The molecule has 0 spiro atoms. The summed E-state index contributed by atoms with van der Waals surface area (Å²) in [5.41, 5.74) is -1.60. The van der Waals surface area contributed by atoms with Crippen LogP contribution in [0.15, 0.2) is 23.9 Å². The zero-order valence-corrected chi connectivity index (χ0v) is 15.1. The van der Waals surface area contributed by atoms with E-state index in [0.717, 1.165) is 0 Å². The van der Waals surface area contributed by atoms with E-state index in [1.807, 2.05) is 41.5 Å². The number of fused-ring (bicyclic) bond motifs is 1. The minimum Gasteiger partial charge on any atom is -0.507 e. The van der Waals surface area contributed by atoms with Crippen LogP contribution in [-0.4, -0.2) is 29.0 Å². The van der Waals surface area contributed by atoms with Gasteiger partial charge in [-0.25, -0.2) is 4.39 Å². The average Bonchev–Trinajstić information content (AvgIpc) is 2.64. The summed E-state index contributed by atoms with van der Waals surface area (Å²) >= 11 is 0. The number of phenols is 1. The molecule has 3 rings (SSSR count). The Balaban J connectivity index is 2.10. The zero-order chi connectivity index (χ0) is 17.9. The van der Waals surface area contributed by atoms with Crippen molar-refractivity contribution in [1.29, 1.82) is 0 Å². The lowest BCUT2D eigenvalue weighted by molar-refractivity contribution is 0.00578. The number of rotatable bonds is 1. The molecule has 2 aliphatic heterocycles. The van der Waals surface area contributed by atoms with Crippen molar-refractivity contribution in [3.05, 3.63) is 29.5 Å². The molecule has 1 saturated heterocycles. The Morgan fingerprint density at radius 2 is 1.67 bits per heavy atom. The number of ether oxygens (including phenoxy) is 1. The molecule has 0 bridgehead atoms. The van der Waals surface area contributed by atoms with E-state index in [-0.39, 0.29) is 5.75 Å². The van der Waals surface area contributed by atoms with Crippen LogP contribution in [0.3, 0.4) is 0 Å².